The summed E-state index contributed by atoms with van der Waals surface area (Å²) in [6.45, 7) is 4.85. The number of aromatic amines is 1. The van der Waals surface area contributed by atoms with Crippen molar-refractivity contribution in [3.8, 4) is 0 Å². The molecule has 3 rings (SSSR count). The molecule has 0 radical (unpaired) electrons. The molecule has 2 aromatic rings. The Bertz CT molecular complexity index is 947. The Hall–Kier alpha value is -2.52. The Morgan fingerprint density at radius 1 is 1.28 bits per heavy atom. The molecule has 29 heavy (non-hydrogen) atoms. The number of hydrogen-bond acceptors (Lipinski definition) is 7. The number of likely N-dealkylation sites (N-methyl/N-ethyl adjacent to an activating group) is 2. The van der Waals surface area contributed by atoms with E-state index in [1.807, 2.05) is 25.1 Å². The first-order valence-electron chi connectivity index (χ1n) is 9.65. The molecule has 1 saturated heterocycles. The first-order valence-corrected chi connectivity index (χ1v) is 10.6. The molecule has 1 aromatic carbocycles. The normalized spacial score (nSPS) is 20.1. The number of carbonyl (C=O) groups is 2. The van der Waals surface area contributed by atoms with Gasteiger partial charge in [0, 0.05) is 35.7 Å². The van der Waals surface area contributed by atoms with E-state index in [-0.39, 0.29) is 28.1 Å². The van der Waals surface area contributed by atoms with E-state index in [9.17, 15) is 14.4 Å². The molecule has 0 saturated carbocycles. The Morgan fingerprint density at radius 2 is 2.07 bits per heavy atom. The van der Waals surface area contributed by atoms with Gasteiger partial charge in [-0.1, -0.05) is 6.07 Å². The van der Waals surface area contributed by atoms with Crippen molar-refractivity contribution >= 4 is 40.1 Å². The summed E-state index contributed by atoms with van der Waals surface area (Å²) in [4.78, 5) is 41.6. The maximum absolute atomic E-state index is 12.9. The van der Waals surface area contributed by atoms with Gasteiger partial charge in [-0.25, -0.2) is 0 Å². The van der Waals surface area contributed by atoms with E-state index in [0.29, 0.717) is 25.1 Å². The summed E-state index contributed by atoms with van der Waals surface area (Å²) in [7, 11) is 1.69. The second kappa shape index (κ2) is 9.32. The molecular formula is C20H26N4O4S. The van der Waals surface area contributed by atoms with Crippen LogP contribution in [0.15, 0.2) is 35.3 Å². The standard InChI is InChI=1S/C20H26N4O4S/c1-4-24-18(26)15(29-19(24)16(21-3)20(27)28-5-2)11-23-14-8-6-7-13-12(14)9-10-22-17(13)25/h6-10,15-16,19,21,23H,4-5,11H2,1-3H3,(H,22,25). The number of fused-ring (bicyclic) bond motifs is 1. The second-order valence-electron chi connectivity index (χ2n) is 6.61. The van der Waals surface area contributed by atoms with Gasteiger partial charge >= 0.3 is 5.97 Å². The molecule has 8 nitrogen and oxygen atoms in total. The molecule has 1 fully saturated rings. The first kappa shape index (κ1) is 21.2. The predicted molar refractivity (Wildman–Crippen MR) is 115 cm³/mol. The molecule has 0 bridgehead atoms. The third-order valence-corrected chi connectivity index (χ3v) is 6.44. The minimum atomic E-state index is -0.593. The Labute approximate surface area is 173 Å². The zero-order valence-corrected chi connectivity index (χ0v) is 17.5. The summed E-state index contributed by atoms with van der Waals surface area (Å²) < 4.78 is 5.16. The molecule has 0 aliphatic carbocycles. The van der Waals surface area contributed by atoms with Gasteiger partial charge in [-0.15, -0.1) is 11.8 Å². The van der Waals surface area contributed by atoms with E-state index >= 15 is 0 Å². The number of ether oxygens (including phenoxy) is 1. The number of nitrogens with one attached hydrogen (secondary N) is 3. The molecular weight excluding hydrogens is 392 g/mol. The number of benzene rings is 1. The lowest BCUT2D eigenvalue weighted by atomic mass is 10.1. The molecule has 156 valence electrons. The van der Waals surface area contributed by atoms with Crippen molar-refractivity contribution in [1.82, 2.24) is 15.2 Å². The number of carbonyl (C=O) groups excluding carboxylic acids is 2. The lowest BCUT2D eigenvalue weighted by Crippen LogP contribution is -2.50. The van der Waals surface area contributed by atoms with Crippen LogP contribution in [0.25, 0.3) is 10.8 Å². The zero-order chi connectivity index (χ0) is 21.0. The fraction of sp³-hybridized carbons (Fsp3) is 0.450. The van der Waals surface area contributed by atoms with E-state index < -0.39 is 6.04 Å². The van der Waals surface area contributed by atoms with Crippen LogP contribution >= 0.6 is 11.8 Å². The highest BCUT2D eigenvalue weighted by Gasteiger charge is 2.45. The van der Waals surface area contributed by atoms with Crippen LogP contribution in [-0.4, -0.2) is 65.2 Å². The third kappa shape index (κ3) is 4.25. The van der Waals surface area contributed by atoms with Gasteiger partial charge in [-0.05, 0) is 39.1 Å². The molecule has 9 heteroatoms. The molecule has 1 aliphatic heterocycles. The van der Waals surface area contributed by atoms with Crippen molar-refractivity contribution in [3.05, 3.63) is 40.8 Å². The van der Waals surface area contributed by atoms with Gasteiger partial charge in [0.25, 0.3) is 5.56 Å². The van der Waals surface area contributed by atoms with E-state index in [1.165, 1.54) is 11.8 Å². The van der Waals surface area contributed by atoms with E-state index in [0.717, 1.165) is 11.1 Å². The molecule has 3 unspecified atom stereocenters. The van der Waals surface area contributed by atoms with Crippen LogP contribution in [0.1, 0.15) is 13.8 Å². The fourth-order valence-electron chi connectivity index (χ4n) is 3.53. The number of nitrogens with zero attached hydrogens (tertiary/aromatic N) is 1. The highest BCUT2D eigenvalue weighted by Crippen LogP contribution is 2.34. The van der Waals surface area contributed by atoms with Crippen molar-refractivity contribution in [2.45, 2.75) is 30.5 Å². The smallest absolute Gasteiger partial charge is 0.326 e. The summed E-state index contributed by atoms with van der Waals surface area (Å²) >= 11 is 1.45. The van der Waals surface area contributed by atoms with Gasteiger partial charge in [0.05, 0.1) is 6.61 Å². The van der Waals surface area contributed by atoms with Crippen molar-refractivity contribution in [1.29, 1.82) is 0 Å². The number of pyridine rings is 1. The number of aromatic nitrogens is 1. The summed E-state index contributed by atoms with van der Waals surface area (Å²) in [5.41, 5.74) is 0.644. The summed E-state index contributed by atoms with van der Waals surface area (Å²) in [5.74, 6) is -0.377. The SMILES string of the molecule is CCOC(=O)C(NC)C1SC(CNc2cccc3c(=O)[nH]ccc23)C(=O)N1CC. The topological polar surface area (TPSA) is 104 Å². The molecule has 1 amide bonds. The average molecular weight is 419 g/mol. The van der Waals surface area contributed by atoms with E-state index in [4.69, 9.17) is 4.74 Å². The number of esters is 1. The maximum Gasteiger partial charge on any atom is 0.326 e. The van der Waals surface area contributed by atoms with Gasteiger partial charge in [0.15, 0.2) is 0 Å². The largest absolute Gasteiger partial charge is 0.465 e. The Balaban J connectivity index is 1.77. The lowest BCUT2D eigenvalue weighted by molar-refractivity contribution is -0.147. The van der Waals surface area contributed by atoms with Crippen LogP contribution in [0, 0.1) is 0 Å². The summed E-state index contributed by atoms with van der Waals surface area (Å²) in [6, 6.07) is 6.70. The van der Waals surface area contributed by atoms with Crippen LogP contribution < -0.4 is 16.2 Å². The molecule has 0 spiro atoms. The Morgan fingerprint density at radius 3 is 2.76 bits per heavy atom. The first-order chi connectivity index (χ1) is 14.0. The van der Waals surface area contributed by atoms with Gasteiger partial charge in [-0.3, -0.25) is 14.4 Å². The van der Waals surface area contributed by atoms with Crippen molar-refractivity contribution in [3.63, 3.8) is 0 Å². The monoisotopic (exact) mass is 418 g/mol. The van der Waals surface area contributed by atoms with Crippen LogP contribution in [0.5, 0.6) is 0 Å². The van der Waals surface area contributed by atoms with Crippen molar-refractivity contribution in [2.75, 3.05) is 32.1 Å². The molecule has 3 atom stereocenters. The average Bonchev–Trinajstić information content (AvgIpc) is 3.02. The highest BCUT2D eigenvalue weighted by molar-refractivity contribution is 8.01. The van der Waals surface area contributed by atoms with Crippen LogP contribution in [0.4, 0.5) is 5.69 Å². The minimum Gasteiger partial charge on any atom is -0.465 e. The lowest BCUT2D eigenvalue weighted by Gasteiger charge is -2.28. The van der Waals surface area contributed by atoms with Crippen molar-refractivity contribution < 1.29 is 14.3 Å². The van der Waals surface area contributed by atoms with E-state index in [1.54, 1.807) is 31.1 Å². The van der Waals surface area contributed by atoms with Gasteiger partial charge < -0.3 is 25.3 Å². The number of thioether (sulfide) groups is 1. The van der Waals surface area contributed by atoms with E-state index in [2.05, 4.69) is 15.6 Å². The summed E-state index contributed by atoms with van der Waals surface area (Å²) in [6.07, 6.45) is 1.61. The van der Waals surface area contributed by atoms with Crippen LogP contribution in [0.2, 0.25) is 0 Å². The quantitative estimate of drug-likeness (QED) is 0.557. The number of amides is 1. The highest BCUT2D eigenvalue weighted by atomic mass is 32.2. The van der Waals surface area contributed by atoms with Crippen LogP contribution in [-0.2, 0) is 14.3 Å². The second-order valence-corrected chi connectivity index (χ2v) is 7.94. The van der Waals surface area contributed by atoms with Gasteiger partial charge in [0.1, 0.15) is 16.7 Å². The Kier molecular flexibility index (Phi) is 6.81. The number of hydrogen-bond donors (Lipinski definition) is 3. The zero-order valence-electron chi connectivity index (χ0n) is 16.7. The molecule has 2 heterocycles. The summed E-state index contributed by atoms with van der Waals surface area (Å²) in [5, 5.41) is 7.01. The fourth-order valence-corrected chi connectivity index (χ4v) is 5.10. The third-order valence-electron chi connectivity index (χ3n) is 4.94. The number of H-pyrrole nitrogens is 1. The van der Waals surface area contributed by atoms with Crippen LogP contribution in [0.3, 0.4) is 0 Å². The van der Waals surface area contributed by atoms with Gasteiger partial charge in [-0.2, -0.15) is 0 Å². The maximum atomic E-state index is 12.9. The molecule has 1 aromatic heterocycles. The predicted octanol–water partition coefficient (Wildman–Crippen LogP) is 1.38. The molecule has 1 aliphatic rings. The van der Waals surface area contributed by atoms with Crippen molar-refractivity contribution in [2.24, 2.45) is 0 Å². The minimum absolute atomic E-state index is 0.0161. The van der Waals surface area contributed by atoms with Gasteiger partial charge in [0.2, 0.25) is 5.91 Å². The molecule has 3 N–H and O–H groups in total. The number of rotatable bonds is 8. The number of anilines is 1.